The smallest absolute Gasteiger partial charge is 0.497 e. The van der Waals surface area contributed by atoms with Crippen molar-refractivity contribution in [1.29, 1.82) is 0 Å². The molecule has 2 aromatic carbocycles. The highest BCUT2D eigenvalue weighted by molar-refractivity contribution is 5.93. The van der Waals surface area contributed by atoms with E-state index >= 15 is 0 Å². The van der Waals surface area contributed by atoms with Gasteiger partial charge in [0.1, 0.15) is 17.6 Å². The van der Waals surface area contributed by atoms with Crippen LogP contribution in [0.1, 0.15) is 6.92 Å². The molecule has 0 radical (unpaired) electrons. The molecule has 11 heteroatoms. The Morgan fingerprint density at radius 1 is 1.21 bits per heavy atom. The molecule has 0 atom stereocenters. The maximum atomic E-state index is 12.0. The summed E-state index contributed by atoms with van der Waals surface area (Å²) in [6.07, 6.45) is 2.08. The number of rotatable bonds is 6. The minimum atomic E-state index is -0.814. The molecule has 3 heterocycles. The van der Waals surface area contributed by atoms with Crippen molar-refractivity contribution < 1.29 is 19.0 Å². The Labute approximate surface area is 193 Å². The standard InChI is InChI=1S/C23H21N7O4/c1-3-33-23(31)34-18-11-30-20(21(24)25-12-26-30)19(18)13-4-6-14(7-5-13)27-22-28-16-9-8-15(32-2)10-17(16)29-22/h4-12H,3H2,1-2H3,(H2,24,25,26)(H2,27,28,29). The second-order valence-electron chi connectivity index (χ2n) is 7.26. The molecular weight excluding hydrogens is 438 g/mol. The number of methoxy groups -OCH3 is 1. The summed E-state index contributed by atoms with van der Waals surface area (Å²) in [6.45, 7) is 1.89. The summed E-state index contributed by atoms with van der Waals surface area (Å²) >= 11 is 0. The number of nitrogens with zero attached hydrogens (tertiary/aromatic N) is 4. The van der Waals surface area contributed by atoms with Crippen LogP contribution in [0.2, 0.25) is 0 Å². The first-order valence-corrected chi connectivity index (χ1v) is 10.4. The van der Waals surface area contributed by atoms with E-state index in [0.29, 0.717) is 17.0 Å². The van der Waals surface area contributed by atoms with Gasteiger partial charge in [0.2, 0.25) is 5.95 Å². The van der Waals surface area contributed by atoms with Crippen LogP contribution in [0.5, 0.6) is 11.5 Å². The zero-order chi connectivity index (χ0) is 23.7. The van der Waals surface area contributed by atoms with Crippen LogP contribution in [0.3, 0.4) is 0 Å². The van der Waals surface area contributed by atoms with Crippen LogP contribution >= 0.6 is 0 Å². The highest BCUT2D eigenvalue weighted by atomic mass is 16.7. The highest BCUT2D eigenvalue weighted by Gasteiger charge is 2.20. The van der Waals surface area contributed by atoms with Gasteiger partial charge in [-0.15, -0.1) is 0 Å². The number of aromatic amines is 1. The average molecular weight is 459 g/mol. The molecule has 172 valence electrons. The van der Waals surface area contributed by atoms with Gasteiger partial charge < -0.3 is 30.2 Å². The number of hydrogen-bond donors (Lipinski definition) is 3. The van der Waals surface area contributed by atoms with Gasteiger partial charge in [-0.2, -0.15) is 5.10 Å². The molecule has 0 saturated carbocycles. The minimum Gasteiger partial charge on any atom is -0.497 e. The SMILES string of the molecule is CCOC(=O)Oc1cn2ncnc(N)c2c1-c1ccc(Nc2nc3cc(OC)ccc3[nH]2)cc1. The van der Waals surface area contributed by atoms with Crippen molar-refractivity contribution in [3.05, 3.63) is 55.0 Å². The quantitative estimate of drug-likeness (QED) is 0.319. The van der Waals surface area contributed by atoms with Gasteiger partial charge in [0.15, 0.2) is 11.6 Å². The van der Waals surface area contributed by atoms with Crippen LogP contribution in [0.15, 0.2) is 55.0 Å². The van der Waals surface area contributed by atoms with Crippen molar-refractivity contribution >= 4 is 40.2 Å². The first-order valence-electron chi connectivity index (χ1n) is 10.4. The Kier molecular flexibility index (Phi) is 5.34. The molecule has 0 aliphatic heterocycles. The van der Waals surface area contributed by atoms with Crippen molar-refractivity contribution in [1.82, 2.24) is 24.6 Å². The number of imidazole rings is 1. The van der Waals surface area contributed by atoms with Crippen LogP contribution < -0.4 is 20.5 Å². The number of aromatic nitrogens is 5. The Morgan fingerprint density at radius 3 is 2.79 bits per heavy atom. The molecule has 0 fully saturated rings. The molecule has 11 nitrogen and oxygen atoms in total. The molecular formula is C23H21N7O4. The lowest BCUT2D eigenvalue weighted by atomic mass is 10.1. The summed E-state index contributed by atoms with van der Waals surface area (Å²) < 4.78 is 17.1. The fraction of sp³-hybridized carbons (Fsp3) is 0.130. The topological polar surface area (TPSA) is 142 Å². The van der Waals surface area contributed by atoms with Crippen molar-refractivity contribution in [2.75, 3.05) is 24.8 Å². The molecule has 4 N–H and O–H groups in total. The van der Waals surface area contributed by atoms with Gasteiger partial charge in [0, 0.05) is 11.8 Å². The predicted octanol–water partition coefficient (Wildman–Crippen LogP) is 4.14. The summed E-state index contributed by atoms with van der Waals surface area (Å²) in [7, 11) is 1.62. The van der Waals surface area contributed by atoms with Crippen LogP contribution in [0, 0.1) is 0 Å². The molecule has 0 amide bonds. The second kappa shape index (κ2) is 8.62. The zero-order valence-corrected chi connectivity index (χ0v) is 18.4. The number of anilines is 3. The fourth-order valence-electron chi connectivity index (χ4n) is 3.63. The molecule has 34 heavy (non-hydrogen) atoms. The van der Waals surface area contributed by atoms with Crippen molar-refractivity contribution in [3.8, 4) is 22.6 Å². The number of ether oxygens (including phenoxy) is 3. The maximum absolute atomic E-state index is 12.0. The number of nitrogens with one attached hydrogen (secondary N) is 2. The van der Waals surface area contributed by atoms with Crippen molar-refractivity contribution in [3.63, 3.8) is 0 Å². The number of carbonyl (C=O) groups excluding carboxylic acids is 1. The van der Waals surface area contributed by atoms with Gasteiger partial charge in [-0.05, 0) is 36.8 Å². The molecule has 0 unspecified atom stereocenters. The zero-order valence-electron chi connectivity index (χ0n) is 18.4. The molecule has 0 saturated heterocycles. The molecule has 5 aromatic rings. The Balaban J connectivity index is 1.47. The first-order chi connectivity index (χ1) is 16.6. The second-order valence-corrected chi connectivity index (χ2v) is 7.26. The summed E-state index contributed by atoms with van der Waals surface area (Å²) in [4.78, 5) is 23.8. The van der Waals surface area contributed by atoms with E-state index in [1.54, 1.807) is 20.2 Å². The predicted molar refractivity (Wildman–Crippen MR) is 126 cm³/mol. The molecule has 5 rings (SSSR count). The van der Waals surface area contributed by atoms with E-state index in [-0.39, 0.29) is 18.2 Å². The number of carbonyl (C=O) groups is 1. The number of hydrogen-bond acceptors (Lipinski definition) is 9. The van der Waals surface area contributed by atoms with Crippen LogP contribution in [0.25, 0.3) is 27.7 Å². The Hall–Kier alpha value is -4.80. The average Bonchev–Trinajstić information content (AvgIpc) is 3.40. The number of benzene rings is 2. The normalized spacial score (nSPS) is 11.0. The largest absolute Gasteiger partial charge is 0.513 e. The molecule has 0 aliphatic rings. The highest BCUT2D eigenvalue weighted by Crippen LogP contribution is 2.38. The third-order valence-corrected chi connectivity index (χ3v) is 5.15. The number of fused-ring (bicyclic) bond motifs is 2. The number of nitrogens with two attached hydrogens (primary N) is 1. The van der Waals surface area contributed by atoms with E-state index in [0.717, 1.165) is 28.0 Å². The summed E-state index contributed by atoms with van der Waals surface area (Å²) in [5.41, 5.74) is 10.4. The lowest BCUT2D eigenvalue weighted by Gasteiger charge is -2.08. The summed E-state index contributed by atoms with van der Waals surface area (Å²) in [6, 6.07) is 13.1. The van der Waals surface area contributed by atoms with Gasteiger partial charge in [-0.1, -0.05) is 12.1 Å². The Bertz CT molecular complexity index is 1490. The maximum Gasteiger partial charge on any atom is 0.513 e. The first kappa shape index (κ1) is 21.1. The van der Waals surface area contributed by atoms with Gasteiger partial charge >= 0.3 is 6.16 Å². The van der Waals surface area contributed by atoms with Crippen LogP contribution in [-0.2, 0) is 4.74 Å². The van der Waals surface area contributed by atoms with Crippen molar-refractivity contribution in [2.45, 2.75) is 6.92 Å². The van der Waals surface area contributed by atoms with Crippen molar-refractivity contribution in [2.24, 2.45) is 0 Å². The van der Waals surface area contributed by atoms with E-state index in [1.807, 2.05) is 42.5 Å². The van der Waals surface area contributed by atoms with Crippen LogP contribution in [-0.4, -0.2) is 44.4 Å². The van der Waals surface area contributed by atoms with E-state index in [9.17, 15) is 4.79 Å². The fourth-order valence-corrected chi connectivity index (χ4v) is 3.63. The Morgan fingerprint density at radius 2 is 2.03 bits per heavy atom. The van der Waals surface area contributed by atoms with Gasteiger partial charge in [-0.3, -0.25) is 0 Å². The van der Waals surface area contributed by atoms with Gasteiger partial charge in [-0.25, -0.2) is 19.3 Å². The van der Waals surface area contributed by atoms with Crippen LogP contribution in [0.4, 0.5) is 22.2 Å². The van der Waals surface area contributed by atoms with Gasteiger partial charge in [0.05, 0.1) is 36.5 Å². The molecule has 0 spiro atoms. The third-order valence-electron chi connectivity index (χ3n) is 5.15. The molecule has 0 bridgehead atoms. The monoisotopic (exact) mass is 459 g/mol. The lowest BCUT2D eigenvalue weighted by molar-refractivity contribution is 0.104. The number of nitrogen functional groups attached to an aromatic ring is 1. The lowest BCUT2D eigenvalue weighted by Crippen LogP contribution is -2.10. The summed E-state index contributed by atoms with van der Waals surface area (Å²) in [5.74, 6) is 1.84. The van der Waals surface area contributed by atoms with E-state index in [4.69, 9.17) is 19.9 Å². The molecule has 3 aromatic heterocycles. The van der Waals surface area contributed by atoms with E-state index in [1.165, 1.54) is 10.8 Å². The summed E-state index contributed by atoms with van der Waals surface area (Å²) in [5, 5.41) is 7.42. The minimum absolute atomic E-state index is 0.193. The van der Waals surface area contributed by atoms with Gasteiger partial charge in [0.25, 0.3) is 0 Å². The number of H-pyrrole nitrogens is 1. The third kappa shape index (κ3) is 3.90. The van der Waals surface area contributed by atoms with E-state index < -0.39 is 6.16 Å². The molecule has 0 aliphatic carbocycles. The van der Waals surface area contributed by atoms with E-state index in [2.05, 4.69) is 25.4 Å².